The summed E-state index contributed by atoms with van der Waals surface area (Å²) in [6, 6.07) is 15.3. The molecule has 0 aliphatic carbocycles. The summed E-state index contributed by atoms with van der Waals surface area (Å²) in [7, 11) is 0. The van der Waals surface area contributed by atoms with E-state index in [0.717, 1.165) is 15.7 Å². The minimum atomic E-state index is -0.161. The van der Waals surface area contributed by atoms with E-state index in [0.29, 0.717) is 5.75 Å². The predicted molar refractivity (Wildman–Crippen MR) is 99.8 cm³/mol. The summed E-state index contributed by atoms with van der Waals surface area (Å²) in [6.45, 7) is 1.93. The summed E-state index contributed by atoms with van der Waals surface area (Å²) < 4.78 is 8.34. The zero-order chi connectivity index (χ0) is 17.6. The quantitative estimate of drug-likeness (QED) is 0.683. The first-order valence-corrected chi connectivity index (χ1v) is 8.67. The van der Waals surface area contributed by atoms with Gasteiger partial charge in [0.1, 0.15) is 5.75 Å². The van der Waals surface area contributed by atoms with Gasteiger partial charge >= 0.3 is 0 Å². The first-order chi connectivity index (χ1) is 12.1. The Bertz CT molecular complexity index is 832. The number of nitrogens with one attached hydrogen (secondary N) is 1. The number of carbonyl (C=O) groups excluding carboxylic acids is 1. The van der Waals surface area contributed by atoms with E-state index in [-0.39, 0.29) is 18.6 Å². The first-order valence-electron chi connectivity index (χ1n) is 7.88. The van der Waals surface area contributed by atoms with Crippen LogP contribution in [0.4, 0.5) is 0 Å². The maximum Gasteiger partial charge on any atom is 0.258 e. The van der Waals surface area contributed by atoms with Crippen molar-refractivity contribution in [3.63, 3.8) is 0 Å². The van der Waals surface area contributed by atoms with Crippen LogP contribution in [-0.2, 0) is 4.79 Å². The van der Waals surface area contributed by atoms with Gasteiger partial charge < -0.3 is 14.6 Å². The maximum absolute atomic E-state index is 12.1. The molecule has 0 spiro atoms. The van der Waals surface area contributed by atoms with Crippen LogP contribution in [0.3, 0.4) is 0 Å². The van der Waals surface area contributed by atoms with Crippen LogP contribution in [0.15, 0.2) is 71.7 Å². The molecule has 1 amide bonds. The van der Waals surface area contributed by atoms with Crippen molar-refractivity contribution in [1.29, 1.82) is 0 Å². The first kappa shape index (κ1) is 17.2. The van der Waals surface area contributed by atoms with Gasteiger partial charge in [-0.25, -0.2) is 4.98 Å². The number of halogens is 1. The second kappa shape index (κ2) is 7.98. The van der Waals surface area contributed by atoms with Gasteiger partial charge in [0.2, 0.25) is 0 Å². The zero-order valence-electron chi connectivity index (χ0n) is 13.7. The minimum absolute atomic E-state index is 0.0199. The molecule has 0 saturated carbocycles. The van der Waals surface area contributed by atoms with Crippen molar-refractivity contribution in [1.82, 2.24) is 14.9 Å². The molecule has 0 unspecified atom stereocenters. The normalized spacial score (nSPS) is 11.8. The van der Waals surface area contributed by atoms with E-state index in [1.807, 2.05) is 66.2 Å². The van der Waals surface area contributed by atoms with Crippen LogP contribution in [0.1, 0.15) is 18.5 Å². The van der Waals surface area contributed by atoms with E-state index in [1.165, 1.54) is 0 Å². The molecular formula is C19H18BrN3O2. The second-order valence-corrected chi connectivity index (χ2v) is 6.51. The van der Waals surface area contributed by atoms with Crippen molar-refractivity contribution in [2.45, 2.75) is 13.0 Å². The van der Waals surface area contributed by atoms with Crippen LogP contribution in [0.2, 0.25) is 0 Å². The molecule has 25 heavy (non-hydrogen) atoms. The molecule has 1 N–H and O–H groups in total. The third-order valence-electron chi connectivity index (χ3n) is 3.74. The number of aromatic nitrogens is 2. The van der Waals surface area contributed by atoms with Crippen LogP contribution in [0, 0.1) is 0 Å². The summed E-state index contributed by atoms with van der Waals surface area (Å²) in [4.78, 5) is 16.1. The van der Waals surface area contributed by atoms with E-state index in [9.17, 15) is 4.79 Å². The highest BCUT2D eigenvalue weighted by atomic mass is 79.9. The van der Waals surface area contributed by atoms with E-state index < -0.39 is 0 Å². The van der Waals surface area contributed by atoms with Gasteiger partial charge in [0, 0.05) is 22.6 Å². The Kier molecular flexibility index (Phi) is 5.50. The van der Waals surface area contributed by atoms with Crippen molar-refractivity contribution < 1.29 is 9.53 Å². The van der Waals surface area contributed by atoms with Gasteiger partial charge in [-0.05, 0) is 42.8 Å². The number of nitrogens with zero attached hydrogens (tertiary/aromatic N) is 2. The molecule has 0 radical (unpaired) electrons. The second-order valence-electron chi connectivity index (χ2n) is 5.60. The third-order valence-corrected chi connectivity index (χ3v) is 4.23. The number of benzene rings is 2. The Hall–Kier alpha value is -2.60. The van der Waals surface area contributed by atoms with E-state index in [1.54, 1.807) is 12.5 Å². The van der Waals surface area contributed by atoms with Crippen molar-refractivity contribution in [3.8, 4) is 11.4 Å². The molecule has 1 aromatic heterocycles. The fraction of sp³-hybridized carbons (Fsp3) is 0.158. The fourth-order valence-corrected chi connectivity index (χ4v) is 2.80. The van der Waals surface area contributed by atoms with Crippen molar-refractivity contribution in [2.24, 2.45) is 0 Å². The molecule has 0 fully saturated rings. The molecule has 0 saturated heterocycles. The predicted octanol–water partition coefficient (Wildman–Crippen LogP) is 3.89. The summed E-state index contributed by atoms with van der Waals surface area (Å²) in [5.41, 5.74) is 2.05. The molecule has 5 nitrogen and oxygen atoms in total. The molecule has 2 aromatic carbocycles. The topological polar surface area (TPSA) is 56.1 Å². The van der Waals surface area contributed by atoms with E-state index >= 15 is 0 Å². The number of carbonyl (C=O) groups is 1. The van der Waals surface area contributed by atoms with Crippen LogP contribution in [0.5, 0.6) is 5.75 Å². The van der Waals surface area contributed by atoms with Crippen LogP contribution < -0.4 is 10.1 Å². The lowest BCUT2D eigenvalue weighted by molar-refractivity contribution is -0.123. The average molecular weight is 400 g/mol. The number of amides is 1. The number of imidazole rings is 1. The van der Waals surface area contributed by atoms with Gasteiger partial charge in [0.05, 0.1) is 12.4 Å². The third kappa shape index (κ3) is 4.70. The Labute approximate surface area is 154 Å². The highest BCUT2D eigenvalue weighted by molar-refractivity contribution is 9.10. The molecule has 0 aliphatic rings. The summed E-state index contributed by atoms with van der Waals surface area (Å²) in [6.07, 6.45) is 5.38. The average Bonchev–Trinajstić information content (AvgIpc) is 3.15. The van der Waals surface area contributed by atoms with Gasteiger partial charge in [-0.2, -0.15) is 0 Å². The van der Waals surface area contributed by atoms with Crippen LogP contribution >= 0.6 is 15.9 Å². The van der Waals surface area contributed by atoms with Crippen molar-refractivity contribution in [3.05, 3.63) is 77.3 Å². The van der Waals surface area contributed by atoms with Gasteiger partial charge in [-0.1, -0.05) is 34.1 Å². The van der Waals surface area contributed by atoms with Crippen LogP contribution in [0.25, 0.3) is 5.69 Å². The Morgan fingerprint density at radius 3 is 2.76 bits per heavy atom. The monoisotopic (exact) mass is 399 g/mol. The molecule has 3 rings (SSSR count). The van der Waals surface area contributed by atoms with E-state index in [4.69, 9.17) is 4.74 Å². The minimum Gasteiger partial charge on any atom is -0.484 e. The summed E-state index contributed by atoms with van der Waals surface area (Å²) >= 11 is 3.37. The highest BCUT2D eigenvalue weighted by Crippen LogP contribution is 2.18. The van der Waals surface area contributed by atoms with E-state index in [2.05, 4.69) is 26.2 Å². The molecule has 0 aliphatic heterocycles. The molecular weight excluding hydrogens is 382 g/mol. The summed E-state index contributed by atoms with van der Waals surface area (Å²) in [5.74, 6) is 0.494. The van der Waals surface area contributed by atoms with Gasteiger partial charge in [-0.3, -0.25) is 4.79 Å². The number of hydrogen-bond donors (Lipinski definition) is 1. The Morgan fingerprint density at radius 1 is 1.28 bits per heavy atom. The lowest BCUT2D eigenvalue weighted by atomic mass is 10.1. The van der Waals surface area contributed by atoms with Gasteiger partial charge in [0.15, 0.2) is 6.61 Å². The van der Waals surface area contributed by atoms with Gasteiger partial charge in [-0.15, -0.1) is 0 Å². The molecule has 1 atom stereocenters. The molecule has 0 bridgehead atoms. The zero-order valence-corrected chi connectivity index (χ0v) is 15.3. The fourth-order valence-electron chi connectivity index (χ4n) is 2.42. The lowest BCUT2D eigenvalue weighted by Gasteiger charge is -2.15. The standard InChI is InChI=1S/C19H18BrN3O2/c1-14(15-5-7-17(8-6-15)23-10-9-21-13-23)22-19(24)12-25-18-4-2-3-16(20)11-18/h2-11,13-14H,12H2,1H3,(H,22,24)/t14-/m0/s1. The molecule has 3 aromatic rings. The van der Waals surface area contributed by atoms with Crippen molar-refractivity contribution in [2.75, 3.05) is 6.61 Å². The highest BCUT2D eigenvalue weighted by Gasteiger charge is 2.10. The summed E-state index contributed by atoms with van der Waals surface area (Å²) in [5, 5.41) is 2.94. The molecule has 6 heteroatoms. The number of rotatable bonds is 6. The molecule has 1 heterocycles. The number of ether oxygens (including phenoxy) is 1. The smallest absolute Gasteiger partial charge is 0.258 e. The van der Waals surface area contributed by atoms with Crippen LogP contribution in [-0.4, -0.2) is 22.1 Å². The Balaban J connectivity index is 1.54. The Morgan fingerprint density at radius 2 is 2.08 bits per heavy atom. The van der Waals surface area contributed by atoms with Crippen molar-refractivity contribution >= 4 is 21.8 Å². The van der Waals surface area contributed by atoms with Gasteiger partial charge in [0.25, 0.3) is 5.91 Å². The lowest BCUT2D eigenvalue weighted by Crippen LogP contribution is -2.31. The maximum atomic E-state index is 12.1. The largest absolute Gasteiger partial charge is 0.484 e. The number of hydrogen-bond acceptors (Lipinski definition) is 3. The molecule has 128 valence electrons. The SMILES string of the molecule is C[C@H](NC(=O)COc1cccc(Br)c1)c1ccc(-n2ccnc2)cc1.